The molecule has 0 atom stereocenters. The first-order valence-corrected chi connectivity index (χ1v) is 7.12. The van der Waals surface area contributed by atoms with E-state index in [0.717, 1.165) is 16.9 Å². The molecule has 0 spiro atoms. The van der Waals surface area contributed by atoms with E-state index in [9.17, 15) is 0 Å². The van der Waals surface area contributed by atoms with Crippen LogP contribution in [0.5, 0.6) is 0 Å². The molecule has 0 saturated carbocycles. The molecule has 0 amide bonds. The Morgan fingerprint density at radius 3 is 2.43 bits per heavy atom. The van der Waals surface area contributed by atoms with E-state index in [1.54, 1.807) is 18.2 Å². The van der Waals surface area contributed by atoms with E-state index in [0.29, 0.717) is 21.6 Å². The van der Waals surface area contributed by atoms with Crippen LogP contribution < -0.4 is 0 Å². The fraction of sp³-hybridized carbons (Fsp3) is 0.133. The van der Waals surface area contributed by atoms with E-state index >= 15 is 0 Å². The quantitative estimate of drug-likeness (QED) is 0.561. The maximum atomic E-state index is 5.95. The molecule has 0 aliphatic carbocycles. The Bertz CT molecular complexity index is 832. The Kier molecular flexibility index (Phi) is 3.66. The van der Waals surface area contributed by atoms with Gasteiger partial charge in [-0.2, -0.15) is 0 Å². The second-order valence-electron chi connectivity index (χ2n) is 4.78. The zero-order valence-electron chi connectivity index (χ0n) is 11.5. The monoisotopic (exact) mass is 318 g/mol. The van der Waals surface area contributed by atoms with Crippen LogP contribution in [0.2, 0.25) is 10.0 Å². The Morgan fingerprint density at radius 1 is 1.00 bits per heavy atom. The number of aromatic nitrogens is 2. The normalized spacial score (nSPS) is 11.6. The first kappa shape index (κ1) is 14.0. The van der Waals surface area contributed by atoms with Crippen LogP contribution in [-0.2, 0) is 0 Å². The van der Waals surface area contributed by atoms with E-state index in [-0.39, 0.29) is 0 Å². The highest BCUT2D eigenvalue weighted by molar-refractivity contribution is 6.35. The highest BCUT2D eigenvalue weighted by atomic mass is 35.5. The second-order valence-corrected chi connectivity index (χ2v) is 5.65. The number of benzene rings is 1. The summed E-state index contributed by atoms with van der Waals surface area (Å²) in [5.41, 5.74) is 3.43. The van der Waals surface area contributed by atoms with Crippen LogP contribution in [0.1, 0.15) is 11.3 Å². The lowest BCUT2D eigenvalue weighted by molar-refractivity contribution is 1.09. The Morgan fingerprint density at radius 2 is 1.71 bits per heavy atom. The number of azo groups is 1. The third-order valence-corrected chi connectivity index (χ3v) is 3.47. The maximum absolute atomic E-state index is 5.95. The smallest absolute Gasteiger partial charge is 0.182 e. The SMILES string of the molecule is Cc1ccn2c(N=Nc3cc(Cl)cc(Cl)c3)c(C)nc2c1. The van der Waals surface area contributed by atoms with Gasteiger partial charge >= 0.3 is 0 Å². The fourth-order valence-electron chi connectivity index (χ4n) is 2.07. The predicted octanol–water partition coefficient (Wildman–Crippen LogP) is 5.67. The zero-order valence-corrected chi connectivity index (χ0v) is 13.0. The molecule has 3 aromatic rings. The lowest BCUT2D eigenvalue weighted by Crippen LogP contribution is -1.83. The molecule has 0 N–H and O–H groups in total. The van der Waals surface area contributed by atoms with Crippen LogP contribution in [0.4, 0.5) is 11.5 Å². The molecule has 0 bridgehead atoms. The van der Waals surface area contributed by atoms with Crippen molar-refractivity contribution in [1.82, 2.24) is 9.38 Å². The standard InChI is InChI=1S/C15H12Cl2N4/c1-9-3-4-21-14(5-9)18-10(2)15(21)20-19-13-7-11(16)6-12(17)8-13/h3-8H,1-2H3. The van der Waals surface area contributed by atoms with Gasteiger partial charge in [0.25, 0.3) is 0 Å². The average Bonchev–Trinajstić information content (AvgIpc) is 2.70. The number of aryl methyl sites for hydroxylation is 2. The number of hydrogen-bond acceptors (Lipinski definition) is 3. The molecule has 2 heterocycles. The predicted molar refractivity (Wildman–Crippen MR) is 85.3 cm³/mol. The molecule has 0 radical (unpaired) electrons. The molecule has 0 saturated heterocycles. The number of pyridine rings is 1. The number of nitrogens with zero attached hydrogens (tertiary/aromatic N) is 4. The van der Waals surface area contributed by atoms with Gasteiger partial charge in [0, 0.05) is 16.2 Å². The van der Waals surface area contributed by atoms with Crippen molar-refractivity contribution in [1.29, 1.82) is 0 Å². The summed E-state index contributed by atoms with van der Waals surface area (Å²) >= 11 is 11.9. The molecule has 0 aliphatic rings. The molecule has 1 aromatic carbocycles. The van der Waals surface area contributed by atoms with Gasteiger partial charge < -0.3 is 0 Å². The number of halogens is 2. The minimum absolute atomic E-state index is 0.530. The van der Waals surface area contributed by atoms with E-state index in [4.69, 9.17) is 23.2 Å². The number of rotatable bonds is 2. The van der Waals surface area contributed by atoms with Gasteiger partial charge in [-0.3, -0.25) is 4.40 Å². The van der Waals surface area contributed by atoms with Gasteiger partial charge in [0.1, 0.15) is 5.65 Å². The molecule has 0 unspecified atom stereocenters. The van der Waals surface area contributed by atoms with Gasteiger partial charge in [-0.25, -0.2) is 4.98 Å². The number of hydrogen-bond donors (Lipinski definition) is 0. The minimum atomic E-state index is 0.530. The molecule has 0 aliphatic heterocycles. The van der Waals surface area contributed by atoms with Crippen LogP contribution in [0.15, 0.2) is 46.8 Å². The Labute approximate surface area is 132 Å². The van der Waals surface area contributed by atoms with E-state index in [1.165, 1.54) is 0 Å². The third kappa shape index (κ3) is 2.91. The van der Waals surface area contributed by atoms with Crippen molar-refractivity contribution in [2.24, 2.45) is 10.2 Å². The van der Waals surface area contributed by atoms with E-state index < -0.39 is 0 Å². The van der Waals surface area contributed by atoms with Gasteiger partial charge in [-0.1, -0.05) is 23.2 Å². The van der Waals surface area contributed by atoms with Crippen molar-refractivity contribution in [3.8, 4) is 0 Å². The first-order chi connectivity index (χ1) is 10.0. The molecule has 2 aromatic heterocycles. The number of fused-ring (bicyclic) bond motifs is 1. The molecular formula is C15H12Cl2N4. The van der Waals surface area contributed by atoms with Crippen molar-refractivity contribution in [2.75, 3.05) is 0 Å². The van der Waals surface area contributed by atoms with Gasteiger partial charge in [-0.15, -0.1) is 10.2 Å². The Hall–Kier alpha value is -1.91. The van der Waals surface area contributed by atoms with E-state index in [1.807, 2.05) is 36.6 Å². The summed E-state index contributed by atoms with van der Waals surface area (Å²) in [5.74, 6) is 0.695. The largest absolute Gasteiger partial charge is 0.283 e. The first-order valence-electron chi connectivity index (χ1n) is 6.36. The molecule has 3 rings (SSSR count). The van der Waals surface area contributed by atoms with Crippen LogP contribution in [-0.4, -0.2) is 9.38 Å². The molecule has 0 fully saturated rings. The number of imidazole rings is 1. The fourth-order valence-corrected chi connectivity index (χ4v) is 2.59. The Balaban J connectivity index is 2.05. The third-order valence-electron chi connectivity index (χ3n) is 3.03. The summed E-state index contributed by atoms with van der Waals surface area (Å²) < 4.78 is 1.90. The van der Waals surface area contributed by atoms with Crippen LogP contribution in [0, 0.1) is 13.8 Å². The second kappa shape index (κ2) is 5.47. The van der Waals surface area contributed by atoms with Crippen molar-refractivity contribution in [2.45, 2.75) is 13.8 Å². The molecule has 106 valence electrons. The van der Waals surface area contributed by atoms with Gasteiger partial charge in [-0.05, 0) is 49.7 Å². The van der Waals surface area contributed by atoms with Crippen molar-refractivity contribution < 1.29 is 0 Å². The lowest BCUT2D eigenvalue weighted by atomic mass is 10.3. The van der Waals surface area contributed by atoms with E-state index in [2.05, 4.69) is 15.2 Å². The van der Waals surface area contributed by atoms with Gasteiger partial charge in [0.2, 0.25) is 0 Å². The van der Waals surface area contributed by atoms with Crippen molar-refractivity contribution in [3.05, 3.63) is 57.8 Å². The summed E-state index contributed by atoms with van der Waals surface area (Å²) in [6.45, 7) is 3.93. The van der Waals surface area contributed by atoms with Crippen molar-refractivity contribution in [3.63, 3.8) is 0 Å². The highest BCUT2D eigenvalue weighted by Crippen LogP contribution is 2.27. The average molecular weight is 319 g/mol. The molecular weight excluding hydrogens is 307 g/mol. The van der Waals surface area contributed by atoms with Crippen LogP contribution >= 0.6 is 23.2 Å². The van der Waals surface area contributed by atoms with Gasteiger partial charge in [0.15, 0.2) is 5.82 Å². The zero-order chi connectivity index (χ0) is 15.0. The van der Waals surface area contributed by atoms with Crippen molar-refractivity contribution >= 4 is 40.4 Å². The highest BCUT2D eigenvalue weighted by Gasteiger charge is 2.08. The summed E-state index contributed by atoms with van der Waals surface area (Å²) in [6, 6.07) is 9.08. The summed E-state index contributed by atoms with van der Waals surface area (Å²) in [7, 11) is 0. The summed E-state index contributed by atoms with van der Waals surface area (Å²) in [4.78, 5) is 4.48. The molecule has 6 heteroatoms. The topological polar surface area (TPSA) is 42.0 Å². The maximum Gasteiger partial charge on any atom is 0.182 e. The van der Waals surface area contributed by atoms with Gasteiger partial charge in [0.05, 0.1) is 11.4 Å². The lowest BCUT2D eigenvalue weighted by Gasteiger charge is -1.98. The molecule has 4 nitrogen and oxygen atoms in total. The van der Waals surface area contributed by atoms with Crippen LogP contribution in [0.25, 0.3) is 5.65 Å². The summed E-state index contributed by atoms with van der Waals surface area (Å²) in [5, 5.41) is 9.54. The van der Waals surface area contributed by atoms with Crippen LogP contribution in [0.3, 0.4) is 0 Å². The molecule has 21 heavy (non-hydrogen) atoms. The minimum Gasteiger partial charge on any atom is -0.283 e. The summed E-state index contributed by atoms with van der Waals surface area (Å²) in [6.07, 6.45) is 1.93.